The molecular weight excluding hydrogens is 225 g/mol. The molecule has 0 aliphatic heterocycles. The van der Waals surface area contributed by atoms with Crippen molar-refractivity contribution in [3.8, 4) is 0 Å². The fraction of sp³-hybridized carbons (Fsp3) is 0.417. The molecule has 17 heavy (non-hydrogen) atoms. The lowest BCUT2D eigenvalue weighted by molar-refractivity contribution is -0.119. The topological polar surface area (TPSA) is 69.6 Å². The van der Waals surface area contributed by atoms with Crippen LogP contribution in [0.15, 0.2) is 18.2 Å². The quantitative estimate of drug-likeness (QED) is 0.725. The lowest BCUT2D eigenvalue weighted by atomic mass is 10.0. The minimum atomic E-state index is -1.15. The van der Waals surface area contributed by atoms with E-state index in [9.17, 15) is 19.4 Å². The highest BCUT2D eigenvalue weighted by Crippen LogP contribution is 2.19. The number of hydrogen-bond acceptors (Lipinski definition) is 3. The zero-order valence-electron chi connectivity index (χ0n) is 9.77. The minimum Gasteiger partial charge on any atom is -0.388 e. The number of halogens is 1. The largest absolute Gasteiger partial charge is 0.388 e. The van der Waals surface area contributed by atoms with Gasteiger partial charge in [-0.15, -0.1) is 0 Å². The second kappa shape index (κ2) is 5.75. The van der Waals surface area contributed by atoms with Crippen LogP contribution in [0.25, 0.3) is 0 Å². The summed E-state index contributed by atoms with van der Waals surface area (Å²) in [5.41, 5.74) is 0.815. The van der Waals surface area contributed by atoms with Crippen LogP contribution in [0, 0.1) is 12.7 Å². The highest BCUT2D eigenvalue weighted by Gasteiger charge is 2.19. The predicted molar refractivity (Wildman–Crippen MR) is 60.8 cm³/mol. The summed E-state index contributed by atoms with van der Waals surface area (Å²) in [7, 11) is 0. The molecule has 4 nitrogen and oxygen atoms in total. The molecule has 1 rings (SSSR count). The number of aliphatic hydroxyl groups excluding tert-OH is 2. The average molecular weight is 241 g/mol. The number of rotatable bonds is 4. The van der Waals surface area contributed by atoms with Crippen molar-refractivity contribution in [3.63, 3.8) is 0 Å². The molecule has 0 radical (unpaired) electrons. The van der Waals surface area contributed by atoms with Crippen molar-refractivity contribution in [1.29, 1.82) is 0 Å². The number of aliphatic hydroxyl groups is 2. The molecular formula is C12H16FNO3. The molecule has 0 spiro atoms. The normalized spacial score (nSPS) is 14.2. The Morgan fingerprint density at radius 3 is 2.65 bits per heavy atom. The standard InChI is InChI=1S/C12H16FNO3/c1-7-5-9(3-4-10(7)13)12(17)11(16)6-14-8(2)15/h3-5,11-12,16-17H,6H2,1-2H3,(H,14,15). The Balaban J connectivity index is 2.70. The lowest BCUT2D eigenvalue weighted by Gasteiger charge is -2.18. The first-order valence-corrected chi connectivity index (χ1v) is 5.28. The van der Waals surface area contributed by atoms with Crippen molar-refractivity contribution in [2.24, 2.45) is 0 Å². The molecule has 0 aromatic heterocycles. The Hall–Kier alpha value is -1.46. The summed E-state index contributed by atoms with van der Waals surface area (Å²) in [4.78, 5) is 10.7. The summed E-state index contributed by atoms with van der Waals surface area (Å²) in [5.74, 6) is -0.649. The van der Waals surface area contributed by atoms with Crippen LogP contribution in [-0.2, 0) is 4.79 Å². The Labute approximate surface area is 99.1 Å². The van der Waals surface area contributed by atoms with Gasteiger partial charge in [0.05, 0.1) is 0 Å². The summed E-state index contributed by atoms with van der Waals surface area (Å²) in [6.07, 6.45) is -2.27. The van der Waals surface area contributed by atoms with Gasteiger partial charge in [0.25, 0.3) is 0 Å². The molecule has 0 bridgehead atoms. The predicted octanol–water partition coefficient (Wildman–Crippen LogP) is 0.665. The Morgan fingerprint density at radius 2 is 2.12 bits per heavy atom. The molecule has 2 atom stereocenters. The van der Waals surface area contributed by atoms with Crippen LogP contribution >= 0.6 is 0 Å². The maximum absolute atomic E-state index is 13.0. The Morgan fingerprint density at radius 1 is 1.47 bits per heavy atom. The Bertz CT molecular complexity index is 409. The molecule has 0 saturated carbocycles. The van der Waals surface area contributed by atoms with Crippen LogP contribution in [0.3, 0.4) is 0 Å². The van der Waals surface area contributed by atoms with E-state index < -0.39 is 12.2 Å². The van der Waals surface area contributed by atoms with Gasteiger partial charge in [-0.1, -0.05) is 12.1 Å². The van der Waals surface area contributed by atoms with Gasteiger partial charge in [-0.3, -0.25) is 4.79 Å². The molecule has 0 aliphatic rings. The SMILES string of the molecule is CC(=O)NCC(O)C(O)c1ccc(F)c(C)c1. The number of carbonyl (C=O) groups is 1. The van der Waals surface area contributed by atoms with E-state index in [-0.39, 0.29) is 18.3 Å². The molecule has 1 amide bonds. The zero-order valence-corrected chi connectivity index (χ0v) is 9.77. The van der Waals surface area contributed by atoms with Crippen molar-refractivity contribution in [3.05, 3.63) is 35.1 Å². The molecule has 5 heteroatoms. The molecule has 1 aromatic carbocycles. The van der Waals surface area contributed by atoms with Gasteiger partial charge in [0, 0.05) is 13.5 Å². The van der Waals surface area contributed by atoms with Crippen molar-refractivity contribution >= 4 is 5.91 Å². The van der Waals surface area contributed by atoms with E-state index in [1.165, 1.54) is 25.1 Å². The maximum atomic E-state index is 13.0. The molecule has 3 N–H and O–H groups in total. The summed E-state index contributed by atoms with van der Waals surface area (Å²) >= 11 is 0. The van der Waals surface area contributed by atoms with E-state index in [2.05, 4.69) is 5.32 Å². The first-order valence-electron chi connectivity index (χ1n) is 5.28. The zero-order chi connectivity index (χ0) is 13.0. The molecule has 0 fully saturated rings. The third kappa shape index (κ3) is 3.80. The second-order valence-electron chi connectivity index (χ2n) is 3.96. The number of benzene rings is 1. The van der Waals surface area contributed by atoms with Crippen LogP contribution in [0.5, 0.6) is 0 Å². The first-order chi connectivity index (χ1) is 7.91. The van der Waals surface area contributed by atoms with Crippen LogP contribution in [0.1, 0.15) is 24.2 Å². The van der Waals surface area contributed by atoms with Gasteiger partial charge in [-0.05, 0) is 24.1 Å². The number of hydrogen-bond donors (Lipinski definition) is 3. The fourth-order valence-electron chi connectivity index (χ4n) is 1.43. The molecule has 0 heterocycles. The molecule has 94 valence electrons. The number of aryl methyl sites for hydroxylation is 1. The van der Waals surface area contributed by atoms with Gasteiger partial charge in [-0.2, -0.15) is 0 Å². The van der Waals surface area contributed by atoms with Crippen LogP contribution < -0.4 is 5.32 Å². The third-order valence-corrected chi connectivity index (χ3v) is 2.45. The van der Waals surface area contributed by atoms with Gasteiger partial charge in [0.2, 0.25) is 5.91 Å². The molecule has 2 unspecified atom stereocenters. The minimum absolute atomic E-state index is 0.0487. The molecule has 0 saturated heterocycles. The van der Waals surface area contributed by atoms with Crippen molar-refractivity contribution in [2.75, 3.05) is 6.54 Å². The first kappa shape index (κ1) is 13.6. The monoisotopic (exact) mass is 241 g/mol. The molecule has 1 aromatic rings. The van der Waals surface area contributed by atoms with E-state index in [1.54, 1.807) is 6.92 Å². The van der Waals surface area contributed by atoms with E-state index in [1.807, 2.05) is 0 Å². The summed E-state index contributed by atoms with van der Waals surface area (Å²) < 4.78 is 13.0. The Kier molecular flexibility index (Phi) is 4.60. The maximum Gasteiger partial charge on any atom is 0.216 e. The second-order valence-corrected chi connectivity index (χ2v) is 3.96. The van der Waals surface area contributed by atoms with E-state index >= 15 is 0 Å². The number of amides is 1. The van der Waals surface area contributed by atoms with Gasteiger partial charge >= 0.3 is 0 Å². The van der Waals surface area contributed by atoms with Gasteiger partial charge < -0.3 is 15.5 Å². The van der Waals surface area contributed by atoms with Crippen molar-refractivity contribution < 1.29 is 19.4 Å². The van der Waals surface area contributed by atoms with Gasteiger partial charge in [-0.25, -0.2) is 4.39 Å². The fourth-order valence-corrected chi connectivity index (χ4v) is 1.43. The van der Waals surface area contributed by atoms with E-state index in [4.69, 9.17) is 0 Å². The third-order valence-electron chi connectivity index (χ3n) is 2.45. The van der Waals surface area contributed by atoms with Gasteiger partial charge in [0.15, 0.2) is 0 Å². The number of nitrogens with one attached hydrogen (secondary N) is 1. The van der Waals surface area contributed by atoms with E-state index in [0.717, 1.165) is 0 Å². The summed E-state index contributed by atoms with van der Waals surface area (Å²) in [6.45, 7) is 2.85. The van der Waals surface area contributed by atoms with Crippen LogP contribution in [0.2, 0.25) is 0 Å². The lowest BCUT2D eigenvalue weighted by Crippen LogP contribution is -2.34. The molecule has 0 aliphatic carbocycles. The van der Waals surface area contributed by atoms with Gasteiger partial charge in [0.1, 0.15) is 18.0 Å². The van der Waals surface area contributed by atoms with E-state index in [0.29, 0.717) is 11.1 Å². The highest BCUT2D eigenvalue weighted by atomic mass is 19.1. The van der Waals surface area contributed by atoms with Crippen LogP contribution in [0.4, 0.5) is 4.39 Å². The summed E-state index contributed by atoms with van der Waals surface area (Å²) in [5, 5.41) is 21.8. The van der Waals surface area contributed by atoms with Crippen molar-refractivity contribution in [1.82, 2.24) is 5.32 Å². The van der Waals surface area contributed by atoms with Crippen molar-refractivity contribution in [2.45, 2.75) is 26.1 Å². The van der Waals surface area contributed by atoms with Crippen LogP contribution in [-0.4, -0.2) is 28.8 Å². The smallest absolute Gasteiger partial charge is 0.216 e. The summed E-state index contributed by atoms with van der Waals surface area (Å²) in [6, 6.07) is 4.11. The highest BCUT2D eigenvalue weighted by molar-refractivity contribution is 5.72. The number of carbonyl (C=O) groups excluding carboxylic acids is 1. The average Bonchev–Trinajstić information content (AvgIpc) is 2.28.